The van der Waals surface area contributed by atoms with Gasteiger partial charge in [-0.15, -0.1) is 11.8 Å². The number of hydrogen-bond acceptors (Lipinski definition) is 4. The lowest BCUT2D eigenvalue weighted by molar-refractivity contribution is -0.113. The number of rotatable bonds is 6. The van der Waals surface area contributed by atoms with Gasteiger partial charge in [0.1, 0.15) is 5.75 Å². The number of carbonyl (C=O) groups is 1. The number of thioether (sulfide) groups is 1. The number of pyridine rings is 1. The Balaban J connectivity index is 1.57. The van der Waals surface area contributed by atoms with Gasteiger partial charge < -0.3 is 10.1 Å². The molecule has 0 spiro atoms. The predicted molar refractivity (Wildman–Crippen MR) is 96.5 cm³/mol. The second kappa shape index (κ2) is 8.17. The van der Waals surface area contributed by atoms with Crippen LogP contribution in [0.1, 0.15) is 0 Å². The van der Waals surface area contributed by atoms with Gasteiger partial charge in [0.15, 0.2) is 0 Å². The lowest BCUT2D eigenvalue weighted by atomic mass is 10.3. The monoisotopic (exact) mass is 336 g/mol. The zero-order valence-electron chi connectivity index (χ0n) is 12.9. The summed E-state index contributed by atoms with van der Waals surface area (Å²) >= 11 is 1.50. The predicted octanol–water partition coefficient (Wildman–Crippen LogP) is 4.60. The minimum absolute atomic E-state index is 0.0688. The van der Waals surface area contributed by atoms with Crippen LogP contribution in [0.3, 0.4) is 0 Å². The molecule has 4 nitrogen and oxygen atoms in total. The Bertz CT molecular complexity index is 795. The minimum atomic E-state index is -0.0688. The number of benzene rings is 2. The van der Waals surface area contributed by atoms with Crippen LogP contribution >= 0.6 is 11.8 Å². The molecule has 0 fully saturated rings. The summed E-state index contributed by atoms with van der Waals surface area (Å²) in [5.74, 6) is 1.42. The standard InChI is InChI=1S/C19H16N2O2S/c22-18(14-24-17-9-5-2-6-10-17)21-15-11-12-20-19(13-15)23-16-7-3-1-4-8-16/h1-13H,14H2,(H,20,21,22). The highest BCUT2D eigenvalue weighted by Gasteiger charge is 2.06. The number of anilines is 1. The van der Waals surface area contributed by atoms with Crippen molar-refractivity contribution in [1.82, 2.24) is 4.98 Å². The van der Waals surface area contributed by atoms with Gasteiger partial charge in [0.2, 0.25) is 11.8 Å². The third-order valence-electron chi connectivity index (χ3n) is 3.10. The quantitative estimate of drug-likeness (QED) is 0.668. The van der Waals surface area contributed by atoms with Gasteiger partial charge in [0, 0.05) is 22.8 Å². The molecule has 0 aliphatic carbocycles. The molecule has 0 aliphatic heterocycles. The number of nitrogens with one attached hydrogen (secondary N) is 1. The summed E-state index contributed by atoms with van der Waals surface area (Å²) in [4.78, 5) is 17.3. The maximum Gasteiger partial charge on any atom is 0.234 e. The van der Waals surface area contributed by atoms with Crippen molar-refractivity contribution in [2.45, 2.75) is 4.90 Å². The van der Waals surface area contributed by atoms with Gasteiger partial charge in [-0.05, 0) is 30.3 Å². The van der Waals surface area contributed by atoms with Crippen LogP contribution < -0.4 is 10.1 Å². The maximum atomic E-state index is 12.1. The summed E-state index contributed by atoms with van der Waals surface area (Å²) in [5.41, 5.74) is 0.662. The van der Waals surface area contributed by atoms with Crippen LogP contribution in [0.4, 0.5) is 5.69 Å². The van der Waals surface area contributed by atoms with Crippen LogP contribution in [-0.4, -0.2) is 16.6 Å². The molecule has 5 heteroatoms. The molecule has 1 aromatic heterocycles. The smallest absolute Gasteiger partial charge is 0.234 e. The van der Waals surface area contributed by atoms with Crippen LogP contribution in [0.25, 0.3) is 0 Å². The van der Waals surface area contributed by atoms with E-state index in [1.165, 1.54) is 11.8 Å². The summed E-state index contributed by atoms with van der Waals surface area (Å²) < 4.78 is 5.66. The molecule has 120 valence electrons. The fourth-order valence-corrected chi connectivity index (χ4v) is 2.73. The average Bonchev–Trinajstić information content (AvgIpc) is 2.62. The van der Waals surface area contributed by atoms with Crippen molar-refractivity contribution in [3.63, 3.8) is 0 Å². The highest BCUT2D eigenvalue weighted by molar-refractivity contribution is 8.00. The Labute approximate surface area is 144 Å². The highest BCUT2D eigenvalue weighted by atomic mass is 32.2. The van der Waals surface area contributed by atoms with Crippen LogP contribution in [0.15, 0.2) is 83.9 Å². The first-order chi connectivity index (χ1) is 11.8. The summed E-state index contributed by atoms with van der Waals surface area (Å²) in [6.07, 6.45) is 1.61. The summed E-state index contributed by atoms with van der Waals surface area (Å²) in [6.45, 7) is 0. The molecule has 0 unspecified atom stereocenters. The van der Waals surface area contributed by atoms with E-state index in [1.807, 2.05) is 60.7 Å². The van der Waals surface area contributed by atoms with Crippen molar-refractivity contribution >= 4 is 23.4 Å². The number of carbonyl (C=O) groups excluding carboxylic acids is 1. The van der Waals surface area contributed by atoms with Crippen LogP contribution in [0, 0.1) is 0 Å². The van der Waals surface area contributed by atoms with Crippen molar-refractivity contribution < 1.29 is 9.53 Å². The van der Waals surface area contributed by atoms with E-state index >= 15 is 0 Å². The van der Waals surface area contributed by atoms with Gasteiger partial charge in [0.25, 0.3) is 0 Å². The molecular weight excluding hydrogens is 320 g/mol. The number of hydrogen-bond donors (Lipinski definition) is 1. The summed E-state index contributed by atoms with van der Waals surface area (Å²) in [5, 5.41) is 2.86. The Hall–Kier alpha value is -2.79. The highest BCUT2D eigenvalue weighted by Crippen LogP contribution is 2.22. The first kappa shape index (κ1) is 16.1. The van der Waals surface area contributed by atoms with Crippen molar-refractivity contribution in [2.75, 3.05) is 11.1 Å². The number of para-hydroxylation sites is 1. The second-order valence-electron chi connectivity index (χ2n) is 4.95. The lowest BCUT2D eigenvalue weighted by Gasteiger charge is -2.08. The Kier molecular flexibility index (Phi) is 5.48. The number of aromatic nitrogens is 1. The van der Waals surface area contributed by atoms with E-state index in [1.54, 1.807) is 18.3 Å². The van der Waals surface area contributed by atoms with E-state index in [2.05, 4.69) is 10.3 Å². The zero-order valence-corrected chi connectivity index (χ0v) is 13.7. The SMILES string of the molecule is O=C(CSc1ccccc1)Nc1ccnc(Oc2ccccc2)c1. The topological polar surface area (TPSA) is 51.2 Å². The van der Waals surface area contributed by atoms with Gasteiger partial charge in [-0.2, -0.15) is 0 Å². The van der Waals surface area contributed by atoms with Gasteiger partial charge >= 0.3 is 0 Å². The van der Waals surface area contributed by atoms with E-state index in [-0.39, 0.29) is 5.91 Å². The first-order valence-corrected chi connectivity index (χ1v) is 8.45. The Morgan fingerprint density at radius 3 is 2.46 bits per heavy atom. The first-order valence-electron chi connectivity index (χ1n) is 7.46. The molecule has 0 saturated heterocycles. The van der Waals surface area contributed by atoms with Gasteiger partial charge in [0.05, 0.1) is 5.75 Å². The number of ether oxygens (including phenoxy) is 1. The molecule has 3 aromatic rings. The molecule has 24 heavy (non-hydrogen) atoms. The Morgan fingerprint density at radius 2 is 1.71 bits per heavy atom. The molecule has 2 aromatic carbocycles. The third kappa shape index (κ3) is 4.86. The molecule has 1 heterocycles. The molecule has 0 bridgehead atoms. The Morgan fingerprint density at radius 1 is 1.00 bits per heavy atom. The molecule has 1 N–H and O–H groups in total. The van der Waals surface area contributed by atoms with Crippen LogP contribution in [-0.2, 0) is 4.79 Å². The molecule has 0 atom stereocenters. The molecule has 1 amide bonds. The van der Waals surface area contributed by atoms with Gasteiger partial charge in [-0.25, -0.2) is 4.98 Å². The number of amides is 1. The number of nitrogens with zero attached hydrogens (tertiary/aromatic N) is 1. The van der Waals surface area contributed by atoms with E-state index in [0.717, 1.165) is 4.90 Å². The van der Waals surface area contributed by atoms with E-state index in [9.17, 15) is 4.79 Å². The van der Waals surface area contributed by atoms with Crippen molar-refractivity contribution in [1.29, 1.82) is 0 Å². The van der Waals surface area contributed by atoms with Crippen LogP contribution in [0.5, 0.6) is 11.6 Å². The average molecular weight is 336 g/mol. The fourth-order valence-electron chi connectivity index (χ4n) is 2.01. The summed E-state index contributed by atoms with van der Waals surface area (Å²) in [7, 11) is 0. The minimum Gasteiger partial charge on any atom is -0.439 e. The van der Waals surface area contributed by atoms with E-state index in [0.29, 0.717) is 23.1 Å². The van der Waals surface area contributed by atoms with E-state index < -0.39 is 0 Å². The van der Waals surface area contributed by atoms with Crippen molar-refractivity contribution in [2.24, 2.45) is 0 Å². The second-order valence-corrected chi connectivity index (χ2v) is 6.00. The molecule has 0 aliphatic rings. The van der Waals surface area contributed by atoms with Crippen molar-refractivity contribution in [3.05, 3.63) is 79.0 Å². The largest absolute Gasteiger partial charge is 0.439 e. The van der Waals surface area contributed by atoms with E-state index in [4.69, 9.17) is 4.74 Å². The zero-order chi connectivity index (χ0) is 16.6. The van der Waals surface area contributed by atoms with Gasteiger partial charge in [-0.3, -0.25) is 4.79 Å². The third-order valence-corrected chi connectivity index (χ3v) is 4.11. The van der Waals surface area contributed by atoms with Crippen LogP contribution in [0.2, 0.25) is 0 Å². The normalized spacial score (nSPS) is 10.2. The van der Waals surface area contributed by atoms with Crippen molar-refractivity contribution in [3.8, 4) is 11.6 Å². The molecular formula is C19H16N2O2S. The molecule has 0 saturated carbocycles. The summed E-state index contributed by atoms with van der Waals surface area (Å²) in [6, 6.07) is 22.7. The fraction of sp³-hybridized carbons (Fsp3) is 0.0526. The lowest BCUT2D eigenvalue weighted by Crippen LogP contribution is -2.14. The molecule has 3 rings (SSSR count). The maximum absolute atomic E-state index is 12.1. The van der Waals surface area contributed by atoms with Gasteiger partial charge in [-0.1, -0.05) is 36.4 Å². The molecule has 0 radical (unpaired) electrons.